The van der Waals surface area contributed by atoms with Crippen molar-refractivity contribution in [3.63, 3.8) is 0 Å². The number of aliphatic hydroxyl groups is 1. The molecule has 17 heteroatoms. The molecule has 0 saturated carbocycles. The molecule has 4 heterocycles. The Kier molecular flexibility index (Phi) is 10.1. The van der Waals surface area contributed by atoms with Crippen LogP contribution in [0.2, 0.25) is 0 Å². The summed E-state index contributed by atoms with van der Waals surface area (Å²) in [6.07, 6.45) is -11.1. The number of hydrogen-bond donors (Lipinski definition) is 1. The summed E-state index contributed by atoms with van der Waals surface area (Å²) >= 11 is 0. The van der Waals surface area contributed by atoms with E-state index >= 15 is 0 Å². The maximum absolute atomic E-state index is 12.3. The van der Waals surface area contributed by atoms with Gasteiger partial charge in [-0.2, -0.15) is 0 Å². The average Bonchev–Trinajstić information content (AvgIpc) is 3.67. The standard InChI is InChI=1S/C25H32O17/c1-3-12-14(37-22(29)35-12)5-16-18(41-24(31)39-16)7-20(27)33-9-11(26)10-34-21(28)8-19-17(40-25(32)42-19)6-15-13(4-2)36-23(30)38-15/h11-19,26H,3-10H2,1-2H3. The number of cyclic esters (lactones) is 8. The van der Waals surface area contributed by atoms with E-state index in [0.717, 1.165) is 0 Å². The molecule has 17 nitrogen and oxygen atoms in total. The van der Waals surface area contributed by atoms with Gasteiger partial charge in [0.05, 0.1) is 12.8 Å². The Labute approximate surface area is 238 Å². The number of aliphatic hydroxyl groups excluding tert-OH is 1. The summed E-state index contributed by atoms with van der Waals surface area (Å²) in [5.74, 6) is -1.67. The zero-order valence-electron chi connectivity index (χ0n) is 22.8. The van der Waals surface area contributed by atoms with Gasteiger partial charge in [-0.1, -0.05) is 13.8 Å². The van der Waals surface area contributed by atoms with Gasteiger partial charge in [-0.15, -0.1) is 0 Å². The van der Waals surface area contributed by atoms with Gasteiger partial charge in [0.1, 0.15) is 55.9 Å². The molecule has 0 radical (unpaired) electrons. The van der Waals surface area contributed by atoms with Crippen molar-refractivity contribution < 1.29 is 81.2 Å². The number of hydrogen-bond acceptors (Lipinski definition) is 17. The molecule has 0 aromatic heterocycles. The Morgan fingerprint density at radius 3 is 1.19 bits per heavy atom. The van der Waals surface area contributed by atoms with E-state index in [1.54, 1.807) is 13.8 Å². The lowest BCUT2D eigenvalue weighted by Crippen LogP contribution is -2.35. The highest BCUT2D eigenvalue weighted by atomic mass is 16.8. The highest BCUT2D eigenvalue weighted by Gasteiger charge is 2.46. The van der Waals surface area contributed by atoms with Crippen LogP contribution >= 0.6 is 0 Å². The molecule has 4 aliphatic rings. The number of esters is 2. The minimum atomic E-state index is -1.39. The Hall–Kier alpha value is -4.02. The maximum Gasteiger partial charge on any atom is 0.509 e. The molecule has 0 aromatic rings. The topological polar surface area (TPSA) is 215 Å². The van der Waals surface area contributed by atoms with Crippen LogP contribution in [0.4, 0.5) is 19.2 Å². The van der Waals surface area contributed by atoms with Crippen molar-refractivity contribution in [3.05, 3.63) is 0 Å². The monoisotopic (exact) mass is 604 g/mol. The van der Waals surface area contributed by atoms with E-state index in [1.165, 1.54) is 0 Å². The fraction of sp³-hybridized carbons (Fsp3) is 0.760. The normalized spacial score (nSPS) is 32.4. The molecule has 8 unspecified atom stereocenters. The number of rotatable bonds is 14. The van der Waals surface area contributed by atoms with Crippen LogP contribution in [0, 0.1) is 0 Å². The fourth-order valence-corrected chi connectivity index (χ4v) is 4.88. The van der Waals surface area contributed by atoms with E-state index in [2.05, 4.69) is 0 Å². The van der Waals surface area contributed by atoms with Crippen LogP contribution in [0.1, 0.15) is 52.4 Å². The van der Waals surface area contributed by atoms with Crippen LogP contribution in [0.25, 0.3) is 0 Å². The third-order valence-corrected chi connectivity index (χ3v) is 6.98. The minimum absolute atomic E-state index is 0.0491. The third-order valence-electron chi connectivity index (χ3n) is 6.98. The number of carbonyl (C=O) groups is 6. The molecule has 0 bridgehead atoms. The second-order valence-electron chi connectivity index (χ2n) is 9.97. The van der Waals surface area contributed by atoms with Crippen molar-refractivity contribution in [2.75, 3.05) is 13.2 Å². The first-order chi connectivity index (χ1) is 20.0. The number of carbonyl (C=O) groups excluding carboxylic acids is 6. The zero-order chi connectivity index (χ0) is 30.4. The summed E-state index contributed by atoms with van der Waals surface area (Å²) in [5.41, 5.74) is 0. The second kappa shape index (κ2) is 13.8. The number of ether oxygens (including phenoxy) is 10. The molecule has 42 heavy (non-hydrogen) atoms. The molecule has 234 valence electrons. The predicted molar refractivity (Wildman–Crippen MR) is 128 cm³/mol. The van der Waals surface area contributed by atoms with E-state index in [9.17, 15) is 33.9 Å². The molecule has 0 amide bonds. The Morgan fingerprint density at radius 2 is 0.857 bits per heavy atom. The maximum atomic E-state index is 12.3. The summed E-state index contributed by atoms with van der Waals surface area (Å²) in [7, 11) is 0. The SMILES string of the molecule is CCC1OC(=O)OC1CC1OC(=O)OC1CC(=O)OCC(O)COC(=O)CC1OC(=O)OC1CC1OC(=O)OC1CC. The Bertz CT molecular complexity index is 964. The Morgan fingerprint density at radius 1 is 0.571 bits per heavy atom. The molecule has 4 fully saturated rings. The molecule has 8 atom stereocenters. The van der Waals surface area contributed by atoms with E-state index in [1.807, 2.05) is 0 Å². The second-order valence-corrected chi connectivity index (χ2v) is 9.97. The quantitative estimate of drug-likeness (QED) is 0.219. The molecular weight excluding hydrogens is 572 g/mol. The van der Waals surface area contributed by atoms with Crippen LogP contribution in [-0.2, 0) is 57.0 Å². The largest absolute Gasteiger partial charge is 0.509 e. The zero-order valence-corrected chi connectivity index (χ0v) is 22.8. The predicted octanol–water partition coefficient (Wildman–Crippen LogP) is 1.43. The van der Waals surface area contributed by atoms with E-state index in [4.69, 9.17) is 47.4 Å². The smallest absolute Gasteiger partial charge is 0.463 e. The van der Waals surface area contributed by atoms with Gasteiger partial charge in [-0.05, 0) is 12.8 Å². The van der Waals surface area contributed by atoms with Crippen molar-refractivity contribution in [2.45, 2.75) is 107 Å². The van der Waals surface area contributed by atoms with Gasteiger partial charge in [-0.3, -0.25) is 9.59 Å². The summed E-state index contributed by atoms with van der Waals surface area (Å²) in [6, 6.07) is 0. The first-order valence-electron chi connectivity index (χ1n) is 13.5. The van der Waals surface area contributed by atoms with E-state index in [0.29, 0.717) is 12.8 Å². The summed E-state index contributed by atoms with van der Waals surface area (Å²) in [4.78, 5) is 70.8. The van der Waals surface area contributed by atoms with Crippen LogP contribution in [-0.4, -0.2) is 110 Å². The van der Waals surface area contributed by atoms with Gasteiger partial charge >= 0.3 is 36.6 Å². The lowest BCUT2D eigenvalue weighted by molar-refractivity contribution is -0.154. The van der Waals surface area contributed by atoms with Gasteiger partial charge in [0.15, 0.2) is 12.2 Å². The van der Waals surface area contributed by atoms with Gasteiger partial charge in [0.25, 0.3) is 0 Å². The van der Waals surface area contributed by atoms with Gasteiger partial charge < -0.3 is 52.5 Å². The third kappa shape index (κ3) is 8.04. The molecule has 0 aliphatic carbocycles. The summed E-state index contributed by atoms with van der Waals surface area (Å²) in [5, 5.41) is 10.1. The highest BCUT2D eigenvalue weighted by Crippen LogP contribution is 2.30. The molecular formula is C25H32O17. The molecule has 0 spiro atoms. The fourth-order valence-electron chi connectivity index (χ4n) is 4.88. The van der Waals surface area contributed by atoms with Crippen LogP contribution in [0.15, 0.2) is 0 Å². The molecule has 4 rings (SSSR count). The molecule has 4 saturated heterocycles. The summed E-state index contributed by atoms with van der Waals surface area (Å²) < 4.78 is 50.4. The first-order valence-corrected chi connectivity index (χ1v) is 13.5. The highest BCUT2D eigenvalue weighted by molar-refractivity contribution is 5.72. The van der Waals surface area contributed by atoms with Crippen molar-refractivity contribution in [1.82, 2.24) is 0 Å². The van der Waals surface area contributed by atoms with Crippen molar-refractivity contribution in [2.24, 2.45) is 0 Å². The van der Waals surface area contributed by atoms with Crippen LogP contribution in [0.3, 0.4) is 0 Å². The molecule has 0 aromatic carbocycles. The van der Waals surface area contributed by atoms with Gasteiger partial charge in [0.2, 0.25) is 0 Å². The average molecular weight is 605 g/mol. The lowest BCUT2D eigenvalue weighted by Gasteiger charge is -2.20. The van der Waals surface area contributed by atoms with E-state index < -0.39 is 118 Å². The molecule has 4 aliphatic heterocycles. The lowest BCUT2D eigenvalue weighted by atomic mass is 10.00. The van der Waals surface area contributed by atoms with Gasteiger partial charge in [-0.25, -0.2) is 19.2 Å². The van der Waals surface area contributed by atoms with Crippen molar-refractivity contribution >= 4 is 36.6 Å². The van der Waals surface area contributed by atoms with E-state index in [-0.39, 0.29) is 12.8 Å². The Balaban J connectivity index is 1.16. The van der Waals surface area contributed by atoms with Gasteiger partial charge in [0, 0.05) is 12.8 Å². The van der Waals surface area contributed by atoms with Crippen LogP contribution in [0.5, 0.6) is 0 Å². The van der Waals surface area contributed by atoms with Crippen molar-refractivity contribution in [1.29, 1.82) is 0 Å². The first kappa shape index (κ1) is 30.9. The van der Waals surface area contributed by atoms with Crippen molar-refractivity contribution in [3.8, 4) is 0 Å². The molecule has 1 N–H and O–H groups in total. The minimum Gasteiger partial charge on any atom is -0.463 e. The van der Waals surface area contributed by atoms with Crippen LogP contribution < -0.4 is 0 Å². The summed E-state index contributed by atoms with van der Waals surface area (Å²) in [6.45, 7) is 2.49.